The maximum absolute atomic E-state index is 4.47. The second kappa shape index (κ2) is 9.13. The van der Waals surface area contributed by atoms with Crippen LogP contribution in [0.15, 0.2) is 78.9 Å². The molecule has 1 unspecified atom stereocenters. The molecule has 1 aliphatic rings. The minimum absolute atomic E-state index is 0.511. The molecule has 3 heteroatoms. The molecule has 1 N–H and O–H groups in total. The highest BCUT2D eigenvalue weighted by Gasteiger charge is 2.27. The monoisotopic (exact) mass is 421 g/mol. The van der Waals surface area contributed by atoms with Gasteiger partial charge in [0.15, 0.2) is 0 Å². The van der Waals surface area contributed by atoms with Gasteiger partial charge in [0.2, 0.25) is 0 Å². The van der Waals surface area contributed by atoms with E-state index in [2.05, 4.69) is 108 Å². The first-order valence-corrected chi connectivity index (χ1v) is 11.6. The average Bonchev–Trinajstić information content (AvgIpc) is 3.17. The molecule has 1 atom stereocenters. The second-order valence-corrected chi connectivity index (χ2v) is 9.03. The quantitative estimate of drug-likeness (QED) is 0.399. The number of aromatic amines is 1. The smallest absolute Gasteiger partial charge is 0.0672 e. The summed E-state index contributed by atoms with van der Waals surface area (Å²) in [6, 6.07) is 29.1. The highest BCUT2D eigenvalue weighted by molar-refractivity contribution is 5.73. The minimum atomic E-state index is 0.511. The number of aromatic nitrogens is 2. The molecule has 32 heavy (non-hydrogen) atoms. The molecule has 5 rings (SSSR count). The molecule has 0 fully saturated rings. The molecule has 0 bridgehead atoms. The van der Waals surface area contributed by atoms with Crippen molar-refractivity contribution in [3.8, 4) is 11.1 Å². The summed E-state index contributed by atoms with van der Waals surface area (Å²) in [6.45, 7) is 6.19. The van der Waals surface area contributed by atoms with Gasteiger partial charge in [-0.15, -0.1) is 0 Å². The van der Waals surface area contributed by atoms with Gasteiger partial charge in [-0.05, 0) is 60.9 Å². The lowest BCUT2D eigenvalue weighted by atomic mass is 9.82. The topological polar surface area (TPSA) is 31.9 Å². The Bertz CT molecular complexity index is 1120. The van der Waals surface area contributed by atoms with E-state index in [0.717, 1.165) is 37.3 Å². The first kappa shape index (κ1) is 20.7. The van der Waals surface area contributed by atoms with Gasteiger partial charge in [0.1, 0.15) is 0 Å². The second-order valence-electron chi connectivity index (χ2n) is 9.03. The molecular formula is C29H31N3. The Kier molecular flexibility index (Phi) is 5.91. The Hall–Kier alpha value is -3.17. The summed E-state index contributed by atoms with van der Waals surface area (Å²) in [5.41, 5.74) is 10.6. The van der Waals surface area contributed by atoms with Crippen LogP contribution in [0.5, 0.6) is 0 Å². The predicted octanol–water partition coefficient (Wildman–Crippen LogP) is 6.25. The fraction of sp³-hybridized carbons (Fsp3) is 0.276. The summed E-state index contributed by atoms with van der Waals surface area (Å²) < 4.78 is 0. The molecule has 0 spiro atoms. The molecule has 1 heterocycles. The molecule has 1 aliphatic carbocycles. The maximum Gasteiger partial charge on any atom is 0.0672 e. The number of hydrogen-bond donors (Lipinski definition) is 1. The molecule has 0 amide bonds. The van der Waals surface area contributed by atoms with Crippen molar-refractivity contribution in [1.29, 1.82) is 0 Å². The summed E-state index contributed by atoms with van der Waals surface area (Å²) in [4.78, 5) is 2.68. The van der Waals surface area contributed by atoms with Crippen molar-refractivity contribution in [1.82, 2.24) is 15.1 Å². The zero-order chi connectivity index (χ0) is 21.9. The third kappa shape index (κ3) is 4.26. The summed E-state index contributed by atoms with van der Waals surface area (Å²) in [5, 5.41) is 7.65. The van der Waals surface area contributed by atoms with Gasteiger partial charge < -0.3 is 0 Å². The van der Waals surface area contributed by atoms with Gasteiger partial charge in [0.05, 0.1) is 5.69 Å². The van der Waals surface area contributed by atoms with E-state index in [4.69, 9.17) is 0 Å². The van der Waals surface area contributed by atoms with Crippen LogP contribution in [-0.4, -0.2) is 21.1 Å². The number of nitrogens with one attached hydrogen (secondary N) is 1. The highest BCUT2D eigenvalue weighted by atomic mass is 15.2. The van der Waals surface area contributed by atoms with Gasteiger partial charge in [-0.3, -0.25) is 10.00 Å². The lowest BCUT2D eigenvalue weighted by molar-refractivity contribution is 0.162. The third-order valence-electron chi connectivity index (χ3n) is 6.83. The van der Waals surface area contributed by atoms with Gasteiger partial charge in [0.25, 0.3) is 0 Å². The number of benzene rings is 3. The molecule has 0 saturated carbocycles. The van der Waals surface area contributed by atoms with Crippen LogP contribution >= 0.6 is 0 Å². The number of nitrogens with zero attached hydrogens (tertiary/aromatic N) is 2. The zero-order valence-electron chi connectivity index (χ0n) is 19.0. The Morgan fingerprint density at radius 2 is 1.50 bits per heavy atom. The van der Waals surface area contributed by atoms with Crippen LogP contribution in [0.1, 0.15) is 40.1 Å². The van der Waals surface area contributed by atoms with Crippen LogP contribution in [-0.2, 0) is 25.9 Å². The summed E-state index contributed by atoms with van der Waals surface area (Å²) in [5.74, 6) is 0. The number of aryl methyl sites for hydroxylation is 3. The molecule has 0 radical (unpaired) electrons. The van der Waals surface area contributed by atoms with E-state index >= 15 is 0 Å². The number of fused-ring (bicyclic) bond motifs is 1. The van der Waals surface area contributed by atoms with Gasteiger partial charge >= 0.3 is 0 Å². The Balaban J connectivity index is 1.48. The Morgan fingerprint density at radius 3 is 2.09 bits per heavy atom. The van der Waals surface area contributed by atoms with Crippen molar-refractivity contribution in [2.24, 2.45) is 0 Å². The van der Waals surface area contributed by atoms with Crippen LogP contribution in [0.3, 0.4) is 0 Å². The molecule has 1 aromatic heterocycles. The van der Waals surface area contributed by atoms with Crippen molar-refractivity contribution in [2.45, 2.75) is 52.2 Å². The van der Waals surface area contributed by atoms with Crippen LogP contribution in [0.2, 0.25) is 0 Å². The van der Waals surface area contributed by atoms with Crippen molar-refractivity contribution < 1.29 is 0 Å². The summed E-state index contributed by atoms with van der Waals surface area (Å²) in [6.07, 6.45) is 3.40. The van der Waals surface area contributed by atoms with E-state index in [0.29, 0.717) is 6.04 Å². The SMILES string of the molecule is Cc1n[nH]c(C)c1-c1cccc2c1CC(N(Cc1ccccc1)Cc1ccccc1)CC2. The predicted molar refractivity (Wildman–Crippen MR) is 131 cm³/mol. The zero-order valence-corrected chi connectivity index (χ0v) is 19.0. The highest BCUT2D eigenvalue weighted by Crippen LogP contribution is 2.36. The fourth-order valence-electron chi connectivity index (χ4n) is 5.21. The van der Waals surface area contributed by atoms with E-state index < -0.39 is 0 Å². The van der Waals surface area contributed by atoms with Gasteiger partial charge in [-0.2, -0.15) is 5.10 Å². The van der Waals surface area contributed by atoms with Crippen molar-refractivity contribution >= 4 is 0 Å². The molecular weight excluding hydrogens is 390 g/mol. The molecule has 0 aliphatic heterocycles. The summed E-state index contributed by atoms with van der Waals surface area (Å²) >= 11 is 0. The van der Waals surface area contributed by atoms with E-state index in [-0.39, 0.29) is 0 Å². The van der Waals surface area contributed by atoms with E-state index in [9.17, 15) is 0 Å². The fourth-order valence-corrected chi connectivity index (χ4v) is 5.21. The van der Waals surface area contributed by atoms with Crippen molar-refractivity contribution in [3.63, 3.8) is 0 Å². The molecule has 162 valence electrons. The minimum Gasteiger partial charge on any atom is -0.292 e. The first-order valence-electron chi connectivity index (χ1n) is 11.6. The average molecular weight is 422 g/mol. The van der Waals surface area contributed by atoms with Crippen LogP contribution in [0.4, 0.5) is 0 Å². The maximum atomic E-state index is 4.47. The molecule has 3 aromatic carbocycles. The van der Waals surface area contributed by atoms with Gasteiger partial charge in [0, 0.05) is 30.4 Å². The Morgan fingerprint density at radius 1 is 0.844 bits per heavy atom. The number of H-pyrrole nitrogens is 1. The standard InChI is InChI=1S/C29H31N3/c1-21-29(22(2)31-30-21)27-15-9-14-25-16-17-26(18-28(25)27)32(19-23-10-5-3-6-11-23)20-24-12-7-4-8-13-24/h3-15,26H,16-20H2,1-2H3,(H,30,31). The van der Waals surface area contributed by atoms with E-state index in [1.165, 1.54) is 39.8 Å². The van der Waals surface area contributed by atoms with Crippen molar-refractivity contribution in [2.75, 3.05) is 0 Å². The van der Waals surface area contributed by atoms with Crippen LogP contribution in [0.25, 0.3) is 11.1 Å². The number of rotatable bonds is 6. The van der Waals surface area contributed by atoms with Gasteiger partial charge in [-0.25, -0.2) is 0 Å². The Labute approximate surface area is 191 Å². The van der Waals surface area contributed by atoms with E-state index in [1.807, 2.05) is 0 Å². The number of hydrogen-bond acceptors (Lipinski definition) is 2. The molecule has 3 nitrogen and oxygen atoms in total. The summed E-state index contributed by atoms with van der Waals surface area (Å²) in [7, 11) is 0. The molecule has 0 saturated heterocycles. The van der Waals surface area contributed by atoms with E-state index in [1.54, 1.807) is 0 Å². The normalized spacial score (nSPS) is 15.7. The molecule has 4 aromatic rings. The lowest BCUT2D eigenvalue weighted by Crippen LogP contribution is -2.38. The largest absolute Gasteiger partial charge is 0.292 e. The van der Waals surface area contributed by atoms with Crippen LogP contribution < -0.4 is 0 Å². The lowest BCUT2D eigenvalue weighted by Gasteiger charge is -2.36. The third-order valence-corrected chi connectivity index (χ3v) is 6.83. The van der Waals surface area contributed by atoms with Crippen LogP contribution in [0, 0.1) is 13.8 Å². The van der Waals surface area contributed by atoms with Crippen molar-refractivity contribution in [3.05, 3.63) is 113 Å². The first-order chi connectivity index (χ1) is 15.7. The van der Waals surface area contributed by atoms with Gasteiger partial charge in [-0.1, -0.05) is 78.9 Å².